The highest BCUT2D eigenvalue weighted by Gasteiger charge is 2.11. The number of fused-ring (bicyclic) bond motifs is 1. The summed E-state index contributed by atoms with van der Waals surface area (Å²) in [5.74, 6) is -0.873. The first-order valence-electron chi connectivity index (χ1n) is 6.00. The Balaban J connectivity index is 2.22. The number of carboxylic acid groups (broad SMARTS) is 1. The van der Waals surface area contributed by atoms with Crippen LogP contribution in [0.3, 0.4) is 0 Å². The minimum Gasteiger partial charge on any atom is -0.480 e. The molecule has 1 N–H and O–H groups in total. The van der Waals surface area contributed by atoms with E-state index in [9.17, 15) is 9.59 Å². The molecule has 0 atom stereocenters. The zero-order chi connectivity index (χ0) is 13.8. The van der Waals surface area contributed by atoms with Crippen LogP contribution in [0.15, 0.2) is 22.4 Å². The zero-order valence-corrected chi connectivity index (χ0v) is 11.4. The van der Waals surface area contributed by atoms with Gasteiger partial charge >= 0.3 is 5.97 Å². The van der Waals surface area contributed by atoms with Crippen molar-refractivity contribution in [1.82, 2.24) is 14.3 Å². The molecular formula is C12H15N3O3S. The highest BCUT2D eigenvalue weighted by Crippen LogP contribution is 2.08. The van der Waals surface area contributed by atoms with E-state index in [0.29, 0.717) is 23.7 Å². The summed E-state index contributed by atoms with van der Waals surface area (Å²) in [6.45, 7) is 2.99. The maximum atomic E-state index is 11.8. The monoisotopic (exact) mass is 281 g/mol. The third kappa shape index (κ3) is 3.39. The molecule has 0 saturated carbocycles. The molecule has 0 spiro atoms. The number of aliphatic carboxylic acids is 1. The summed E-state index contributed by atoms with van der Waals surface area (Å²) in [6.07, 6.45) is 2.54. The third-order valence-corrected chi connectivity index (χ3v) is 3.40. The van der Waals surface area contributed by atoms with E-state index in [1.165, 1.54) is 21.8 Å². The van der Waals surface area contributed by atoms with Crippen molar-refractivity contribution in [1.29, 1.82) is 0 Å². The molecule has 102 valence electrons. The maximum absolute atomic E-state index is 11.8. The second-order valence-electron chi connectivity index (χ2n) is 4.25. The molecule has 0 radical (unpaired) electrons. The molecule has 0 aromatic carbocycles. The summed E-state index contributed by atoms with van der Waals surface area (Å²) in [4.78, 5) is 29.4. The summed E-state index contributed by atoms with van der Waals surface area (Å²) < 4.78 is 1.48. The van der Waals surface area contributed by atoms with Gasteiger partial charge in [0.1, 0.15) is 0 Å². The van der Waals surface area contributed by atoms with Crippen LogP contribution in [-0.4, -0.2) is 38.4 Å². The van der Waals surface area contributed by atoms with Gasteiger partial charge in [0.25, 0.3) is 5.56 Å². The number of rotatable bonds is 6. The molecule has 0 aliphatic carbocycles. The van der Waals surface area contributed by atoms with Gasteiger partial charge in [-0.25, -0.2) is 4.98 Å². The van der Waals surface area contributed by atoms with Gasteiger partial charge in [-0.15, -0.1) is 11.3 Å². The lowest BCUT2D eigenvalue weighted by molar-refractivity contribution is -0.138. The Morgan fingerprint density at radius 3 is 3.05 bits per heavy atom. The van der Waals surface area contributed by atoms with Gasteiger partial charge in [0.15, 0.2) is 4.96 Å². The van der Waals surface area contributed by atoms with Crippen molar-refractivity contribution in [2.45, 2.75) is 19.9 Å². The minimum absolute atomic E-state index is 0.0423. The van der Waals surface area contributed by atoms with E-state index in [1.54, 1.807) is 16.5 Å². The van der Waals surface area contributed by atoms with Gasteiger partial charge in [0, 0.05) is 24.2 Å². The van der Waals surface area contributed by atoms with Crippen LogP contribution in [0.5, 0.6) is 0 Å². The van der Waals surface area contributed by atoms with Crippen LogP contribution in [0.25, 0.3) is 4.96 Å². The molecule has 0 unspecified atom stereocenters. The van der Waals surface area contributed by atoms with Crippen molar-refractivity contribution in [3.05, 3.63) is 33.7 Å². The Labute approximate surface area is 113 Å². The number of nitrogens with zero attached hydrogens (tertiary/aromatic N) is 3. The van der Waals surface area contributed by atoms with Crippen LogP contribution in [0, 0.1) is 0 Å². The lowest BCUT2D eigenvalue weighted by Gasteiger charge is -2.18. The Morgan fingerprint density at radius 2 is 2.37 bits per heavy atom. The van der Waals surface area contributed by atoms with Gasteiger partial charge in [-0.05, 0) is 13.0 Å². The number of hydrogen-bond donors (Lipinski definition) is 1. The topological polar surface area (TPSA) is 74.9 Å². The molecule has 0 aliphatic heterocycles. The van der Waals surface area contributed by atoms with Gasteiger partial charge in [-0.2, -0.15) is 0 Å². The number of thiazole rings is 1. The number of carbonyl (C=O) groups is 1. The average molecular weight is 281 g/mol. The quantitative estimate of drug-likeness (QED) is 0.856. The van der Waals surface area contributed by atoms with E-state index in [1.807, 2.05) is 6.92 Å². The fraction of sp³-hybridized carbons (Fsp3) is 0.417. The Bertz CT molecular complexity index is 634. The SMILES string of the molecule is CCCN(CC(=O)O)Cc1cc(=O)n2ccsc2n1. The largest absolute Gasteiger partial charge is 0.480 e. The second kappa shape index (κ2) is 5.94. The lowest BCUT2D eigenvalue weighted by atomic mass is 10.3. The molecule has 0 fully saturated rings. The fourth-order valence-corrected chi connectivity index (χ4v) is 2.66. The highest BCUT2D eigenvalue weighted by molar-refractivity contribution is 7.15. The number of hydrogen-bond acceptors (Lipinski definition) is 5. The summed E-state index contributed by atoms with van der Waals surface area (Å²) >= 11 is 1.39. The molecule has 7 heteroatoms. The summed E-state index contributed by atoms with van der Waals surface area (Å²) in [5, 5.41) is 10.7. The predicted octanol–water partition coefficient (Wildman–Crippen LogP) is 1.05. The number of carboxylic acids is 1. The van der Waals surface area contributed by atoms with Crippen LogP contribution in [0.4, 0.5) is 0 Å². The van der Waals surface area contributed by atoms with Crippen molar-refractivity contribution < 1.29 is 9.90 Å². The molecule has 19 heavy (non-hydrogen) atoms. The smallest absolute Gasteiger partial charge is 0.317 e. The van der Waals surface area contributed by atoms with Crippen LogP contribution >= 0.6 is 11.3 Å². The minimum atomic E-state index is -0.873. The number of aromatic nitrogens is 2. The van der Waals surface area contributed by atoms with Crippen molar-refractivity contribution in [2.24, 2.45) is 0 Å². The molecule has 2 rings (SSSR count). The fourth-order valence-electron chi connectivity index (χ4n) is 1.92. The normalized spacial score (nSPS) is 11.3. The van der Waals surface area contributed by atoms with Crippen LogP contribution < -0.4 is 5.56 Å². The standard InChI is InChI=1S/C12H15N3O3S/c1-2-3-14(8-11(17)18)7-9-6-10(16)15-4-5-19-12(15)13-9/h4-6H,2-3,7-8H2,1H3,(H,17,18). The van der Waals surface area contributed by atoms with E-state index in [4.69, 9.17) is 5.11 Å². The third-order valence-electron chi connectivity index (χ3n) is 2.64. The Kier molecular flexibility index (Phi) is 4.28. The van der Waals surface area contributed by atoms with Gasteiger partial charge in [0.05, 0.1) is 12.2 Å². The van der Waals surface area contributed by atoms with E-state index < -0.39 is 5.97 Å². The van der Waals surface area contributed by atoms with Crippen molar-refractivity contribution >= 4 is 22.3 Å². The molecule has 0 aliphatic rings. The van der Waals surface area contributed by atoms with E-state index in [0.717, 1.165) is 6.42 Å². The van der Waals surface area contributed by atoms with Crippen molar-refractivity contribution in [2.75, 3.05) is 13.1 Å². The van der Waals surface area contributed by atoms with Crippen molar-refractivity contribution in [3.63, 3.8) is 0 Å². The first-order chi connectivity index (χ1) is 9.10. The summed E-state index contributed by atoms with van der Waals surface area (Å²) in [7, 11) is 0. The molecule has 0 bridgehead atoms. The molecular weight excluding hydrogens is 266 g/mol. The molecule has 0 amide bonds. The van der Waals surface area contributed by atoms with Crippen LogP contribution in [0.2, 0.25) is 0 Å². The van der Waals surface area contributed by atoms with Crippen LogP contribution in [0.1, 0.15) is 19.0 Å². The second-order valence-corrected chi connectivity index (χ2v) is 5.12. The Morgan fingerprint density at radius 1 is 1.58 bits per heavy atom. The van der Waals surface area contributed by atoms with Crippen LogP contribution in [-0.2, 0) is 11.3 Å². The molecule has 2 aromatic rings. The van der Waals surface area contributed by atoms with Gasteiger partial charge in [-0.3, -0.25) is 18.9 Å². The highest BCUT2D eigenvalue weighted by atomic mass is 32.1. The van der Waals surface area contributed by atoms with E-state index in [-0.39, 0.29) is 12.1 Å². The first-order valence-corrected chi connectivity index (χ1v) is 6.88. The Hall–Kier alpha value is -1.73. The molecule has 2 aromatic heterocycles. The molecule has 0 saturated heterocycles. The molecule has 6 nitrogen and oxygen atoms in total. The van der Waals surface area contributed by atoms with Crippen molar-refractivity contribution in [3.8, 4) is 0 Å². The first kappa shape index (κ1) is 13.7. The van der Waals surface area contributed by atoms with Gasteiger partial charge in [0.2, 0.25) is 0 Å². The summed E-state index contributed by atoms with van der Waals surface area (Å²) in [5.41, 5.74) is 0.482. The lowest BCUT2D eigenvalue weighted by Crippen LogP contribution is -2.31. The predicted molar refractivity (Wildman–Crippen MR) is 72.5 cm³/mol. The molecule has 2 heterocycles. The maximum Gasteiger partial charge on any atom is 0.317 e. The van der Waals surface area contributed by atoms with Gasteiger partial charge < -0.3 is 5.11 Å². The van der Waals surface area contributed by atoms with E-state index >= 15 is 0 Å². The van der Waals surface area contributed by atoms with E-state index in [2.05, 4.69) is 4.98 Å². The summed E-state index contributed by atoms with van der Waals surface area (Å²) in [6, 6.07) is 1.46. The average Bonchev–Trinajstić information content (AvgIpc) is 2.77. The zero-order valence-electron chi connectivity index (χ0n) is 10.6. The van der Waals surface area contributed by atoms with Gasteiger partial charge in [-0.1, -0.05) is 6.92 Å².